The lowest BCUT2D eigenvalue weighted by atomic mass is 9.89. The largest absolute Gasteiger partial charge is 0.337 e. The van der Waals surface area contributed by atoms with E-state index in [-0.39, 0.29) is 0 Å². The summed E-state index contributed by atoms with van der Waals surface area (Å²) < 4.78 is 2.21. The van der Waals surface area contributed by atoms with E-state index in [1.807, 2.05) is 7.05 Å². The fraction of sp³-hybridized carbons (Fsp3) is 0.750. The van der Waals surface area contributed by atoms with Gasteiger partial charge in [-0.05, 0) is 19.9 Å². The van der Waals surface area contributed by atoms with Crippen LogP contribution in [0.1, 0.15) is 49.5 Å². The summed E-state index contributed by atoms with van der Waals surface area (Å²) >= 11 is 0. The van der Waals surface area contributed by atoms with E-state index in [2.05, 4.69) is 23.1 Å². The van der Waals surface area contributed by atoms with E-state index in [0.717, 1.165) is 6.54 Å². The predicted octanol–water partition coefficient (Wildman–Crippen LogP) is 2.19. The molecule has 1 N–H and O–H groups in total. The van der Waals surface area contributed by atoms with Crippen LogP contribution in [0.25, 0.3) is 0 Å². The smallest absolute Gasteiger partial charge is 0.111 e. The molecule has 0 spiro atoms. The maximum absolute atomic E-state index is 4.72. The Morgan fingerprint density at radius 1 is 1.40 bits per heavy atom. The van der Waals surface area contributed by atoms with E-state index >= 15 is 0 Å². The molecular formula is C12H21N3. The number of imidazole rings is 1. The molecule has 0 aliphatic heterocycles. The van der Waals surface area contributed by atoms with Crippen LogP contribution < -0.4 is 5.32 Å². The van der Waals surface area contributed by atoms with Gasteiger partial charge in [0.25, 0.3) is 0 Å². The Labute approximate surface area is 91.9 Å². The zero-order valence-electron chi connectivity index (χ0n) is 9.79. The van der Waals surface area contributed by atoms with Crippen molar-refractivity contribution in [2.45, 2.75) is 44.6 Å². The Hall–Kier alpha value is -0.830. The first-order valence-electron chi connectivity index (χ1n) is 5.98. The lowest BCUT2D eigenvalue weighted by molar-refractivity contribution is 0.421. The minimum atomic E-state index is 0.703. The Morgan fingerprint density at radius 3 is 2.80 bits per heavy atom. The highest BCUT2D eigenvalue weighted by atomic mass is 15.1. The third-order valence-electron chi connectivity index (χ3n) is 3.29. The molecule has 1 aromatic rings. The molecule has 3 nitrogen and oxygen atoms in total. The van der Waals surface area contributed by atoms with E-state index in [0.29, 0.717) is 5.92 Å². The van der Waals surface area contributed by atoms with Crippen LogP contribution in [-0.2, 0) is 13.6 Å². The van der Waals surface area contributed by atoms with Crippen molar-refractivity contribution in [1.29, 1.82) is 0 Å². The molecule has 1 aliphatic rings. The highest BCUT2D eigenvalue weighted by Crippen LogP contribution is 2.31. The number of hydrogen-bond donors (Lipinski definition) is 1. The molecule has 84 valence electrons. The Balaban J connectivity index is 2.11. The molecule has 2 rings (SSSR count). The lowest BCUT2D eigenvalue weighted by Gasteiger charge is -2.20. The zero-order chi connectivity index (χ0) is 10.7. The molecule has 15 heavy (non-hydrogen) atoms. The average Bonchev–Trinajstić information content (AvgIpc) is 2.61. The second kappa shape index (κ2) is 4.79. The van der Waals surface area contributed by atoms with Crippen LogP contribution in [0, 0.1) is 0 Å². The SMILES string of the molecule is CNCc1cn(C)c(C2CCCCC2)n1. The number of aryl methyl sites for hydroxylation is 1. The number of aromatic nitrogens is 2. The van der Waals surface area contributed by atoms with E-state index < -0.39 is 0 Å². The van der Waals surface area contributed by atoms with Crippen molar-refractivity contribution in [2.24, 2.45) is 7.05 Å². The fourth-order valence-corrected chi connectivity index (χ4v) is 2.55. The van der Waals surface area contributed by atoms with Gasteiger partial charge in [-0.2, -0.15) is 0 Å². The molecule has 0 radical (unpaired) electrons. The van der Waals surface area contributed by atoms with Crippen LogP contribution in [0.3, 0.4) is 0 Å². The molecule has 1 heterocycles. The normalized spacial score (nSPS) is 18.3. The second-order valence-electron chi connectivity index (χ2n) is 4.57. The third kappa shape index (κ3) is 2.40. The first kappa shape index (κ1) is 10.7. The molecule has 0 atom stereocenters. The van der Waals surface area contributed by atoms with Gasteiger partial charge < -0.3 is 9.88 Å². The van der Waals surface area contributed by atoms with E-state index in [1.165, 1.54) is 43.6 Å². The summed E-state index contributed by atoms with van der Waals surface area (Å²) in [5, 5.41) is 3.15. The van der Waals surface area contributed by atoms with Crippen molar-refractivity contribution in [3.8, 4) is 0 Å². The molecule has 1 aliphatic carbocycles. The molecule has 0 bridgehead atoms. The first-order chi connectivity index (χ1) is 7.31. The van der Waals surface area contributed by atoms with Crippen LogP contribution in [0.4, 0.5) is 0 Å². The predicted molar refractivity (Wildman–Crippen MR) is 61.8 cm³/mol. The monoisotopic (exact) mass is 207 g/mol. The van der Waals surface area contributed by atoms with Gasteiger partial charge in [0.2, 0.25) is 0 Å². The van der Waals surface area contributed by atoms with Crippen LogP contribution in [0.2, 0.25) is 0 Å². The summed E-state index contributed by atoms with van der Waals surface area (Å²) in [5.74, 6) is 1.99. The molecule has 0 saturated heterocycles. The summed E-state index contributed by atoms with van der Waals surface area (Å²) in [4.78, 5) is 4.72. The summed E-state index contributed by atoms with van der Waals surface area (Å²) in [6, 6.07) is 0. The van der Waals surface area contributed by atoms with Gasteiger partial charge in [-0.3, -0.25) is 0 Å². The number of nitrogens with one attached hydrogen (secondary N) is 1. The topological polar surface area (TPSA) is 29.9 Å². The van der Waals surface area contributed by atoms with Crippen molar-refractivity contribution in [3.63, 3.8) is 0 Å². The lowest BCUT2D eigenvalue weighted by Crippen LogP contribution is -2.10. The first-order valence-corrected chi connectivity index (χ1v) is 5.98. The number of hydrogen-bond acceptors (Lipinski definition) is 2. The zero-order valence-corrected chi connectivity index (χ0v) is 9.79. The van der Waals surface area contributed by atoms with Gasteiger partial charge in [0, 0.05) is 25.7 Å². The summed E-state index contributed by atoms with van der Waals surface area (Å²) in [5.41, 5.74) is 1.17. The van der Waals surface area contributed by atoms with Gasteiger partial charge in [-0.15, -0.1) is 0 Å². The van der Waals surface area contributed by atoms with Gasteiger partial charge >= 0.3 is 0 Å². The van der Waals surface area contributed by atoms with Gasteiger partial charge in [0.05, 0.1) is 5.69 Å². The number of rotatable bonds is 3. The van der Waals surface area contributed by atoms with Crippen molar-refractivity contribution in [3.05, 3.63) is 17.7 Å². The molecule has 0 aromatic carbocycles. The molecule has 1 aromatic heterocycles. The van der Waals surface area contributed by atoms with Gasteiger partial charge in [-0.25, -0.2) is 4.98 Å². The van der Waals surface area contributed by atoms with Crippen molar-refractivity contribution < 1.29 is 0 Å². The highest BCUT2D eigenvalue weighted by Gasteiger charge is 2.19. The third-order valence-corrected chi connectivity index (χ3v) is 3.29. The Kier molecular flexibility index (Phi) is 3.41. The molecule has 3 heteroatoms. The van der Waals surface area contributed by atoms with Crippen LogP contribution in [-0.4, -0.2) is 16.6 Å². The molecule has 0 amide bonds. The van der Waals surface area contributed by atoms with E-state index in [9.17, 15) is 0 Å². The average molecular weight is 207 g/mol. The second-order valence-corrected chi connectivity index (χ2v) is 4.57. The van der Waals surface area contributed by atoms with Gasteiger partial charge in [-0.1, -0.05) is 19.3 Å². The van der Waals surface area contributed by atoms with Gasteiger partial charge in [0.15, 0.2) is 0 Å². The van der Waals surface area contributed by atoms with Crippen LogP contribution >= 0.6 is 0 Å². The molecule has 1 saturated carbocycles. The highest BCUT2D eigenvalue weighted by molar-refractivity contribution is 5.08. The van der Waals surface area contributed by atoms with E-state index in [4.69, 9.17) is 4.98 Å². The Bertz CT molecular complexity index is 311. The maximum Gasteiger partial charge on any atom is 0.111 e. The summed E-state index contributed by atoms with van der Waals surface area (Å²) in [7, 11) is 4.09. The molecule has 1 fully saturated rings. The number of nitrogens with zero attached hydrogens (tertiary/aromatic N) is 2. The standard InChI is InChI=1S/C12H21N3/c1-13-8-11-9-15(2)12(14-11)10-6-4-3-5-7-10/h9-10,13H,3-8H2,1-2H3. The van der Waals surface area contributed by atoms with Crippen LogP contribution in [0.5, 0.6) is 0 Å². The summed E-state index contributed by atoms with van der Waals surface area (Å²) in [6.07, 6.45) is 8.95. The summed E-state index contributed by atoms with van der Waals surface area (Å²) in [6.45, 7) is 0.876. The molecule has 0 unspecified atom stereocenters. The maximum atomic E-state index is 4.72. The fourth-order valence-electron chi connectivity index (χ4n) is 2.55. The minimum Gasteiger partial charge on any atom is -0.337 e. The Morgan fingerprint density at radius 2 is 2.13 bits per heavy atom. The van der Waals surface area contributed by atoms with Crippen LogP contribution in [0.15, 0.2) is 6.20 Å². The molecular weight excluding hydrogens is 186 g/mol. The van der Waals surface area contributed by atoms with Crippen molar-refractivity contribution >= 4 is 0 Å². The quantitative estimate of drug-likeness (QED) is 0.823. The van der Waals surface area contributed by atoms with Crippen molar-refractivity contribution in [1.82, 2.24) is 14.9 Å². The van der Waals surface area contributed by atoms with E-state index in [1.54, 1.807) is 0 Å². The van der Waals surface area contributed by atoms with Gasteiger partial charge in [0.1, 0.15) is 5.82 Å². The minimum absolute atomic E-state index is 0.703. The van der Waals surface area contributed by atoms with Crippen molar-refractivity contribution in [2.75, 3.05) is 7.05 Å².